The molecule has 0 saturated carbocycles. The second-order valence-corrected chi connectivity index (χ2v) is 3.95. The van der Waals surface area contributed by atoms with Crippen LogP contribution in [-0.2, 0) is 9.53 Å². The summed E-state index contributed by atoms with van der Waals surface area (Å²) in [6.45, 7) is 2.76. The van der Waals surface area contributed by atoms with Crippen LogP contribution >= 0.6 is 0 Å². The predicted molar refractivity (Wildman–Crippen MR) is 65.8 cm³/mol. The zero-order chi connectivity index (χ0) is 12.7. The zero-order valence-electron chi connectivity index (χ0n) is 10.3. The Bertz CT molecular complexity index is 365. The first-order chi connectivity index (χ1) is 8.13. The third-order valence-electron chi connectivity index (χ3n) is 2.61. The average molecular weight is 237 g/mol. The maximum Gasteiger partial charge on any atom is 0.305 e. The number of carbonyl (C=O) groups excluding carboxylic acids is 1. The standard InChI is InChI=1S/C13H19NO3/c1-10(11-5-3-6-12(15)9-11)14-8-4-7-13(16)17-2/h3,5-6,9-10,14-15H,4,7-8H2,1-2H3. The molecule has 2 N–H and O–H groups in total. The fourth-order valence-electron chi connectivity index (χ4n) is 1.57. The molecule has 0 bridgehead atoms. The summed E-state index contributed by atoms with van der Waals surface area (Å²) in [5.74, 6) is 0.0857. The number of nitrogens with one attached hydrogen (secondary N) is 1. The van der Waals surface area contributed by atoms with Crippen molar-refractivity contribution in [2.24, 2.45) is 0 Å². The number of esters is 1. The Labute approximate surface area is 102 Å². The Kier molecular flexibility index (Phi) is 5.49. The van der Waals surface area contributed by atoms with Crippen LogP contribution in [0.5, 0.6) is 5.75 Å². The average Bonchev–Trinajstić information content (AvgIpc) is 2.34. The molecule has 4 nitrogen and oxygen atoms in total. The summed E-state index contributed by atoms with van der Waals surface area (Å²) in [6, 6.07) is 7.31. The number of aromatic hydroxyl groups is 1. The lowest BCUT2D eigenvalue weighted by molar-refractivity contribution is -0.140. The van der Waals surface area contributed by atoms with Gasteiger partial charge in [0, 0.05) is 12.5 Å². The highest BCUT2D eigenvalue weighted by Crippen LogP contribution is 2.17. The van der Waals surface area contributed by atoms with Gasteiger partial charge in [-0.2, -0.15) is 0 Å². The van der Waals surface area contributed by atoms with E-state index in [1.165, 1.54) is 7.11 Å². The lowest BCUT2D eigenvalue weighted by atomic mass is 10.1. The summed E-state index contributed by atoms with van der Waals surface area (Å²) in [5, 5.41) is 12.6. The topological polar surface area (TPSA) is 58.6 Å². The molecule has 0 saturated heterocycles. The lowest BCUT2D eigenvalue weighted by Crippen LogP contribution is -2.20. The third-order valence-corrected chi connectivity index (χ3v) is 2.61. The van der Waals surface area contributed by atoms with Crippen molar-refractivity contribution >= 4 is 5.97 Å². The van der Waals surface area contributed by atoms with E-state index >= 15 is 0 Å². The van der Waals surface area contributed by atoms with E-state index in [2.05, 4.69) is 10.1 Å². The summed E-state index contributed by atoms with van der Waals surface area (Å²) in [4.78, 5) is 10.9. The summed E-state index contributed by atoms with van der Waals surface area (Å²) >= 11 is 0. The number of phenolic OH excluding ortho intramolecular Hbond substituents is 1. The Hall–Kier alpha value is -1.55. The highest BCUT2D eigenvalue weighted by atomic mass is 16.5. The van der Waals surface area contributed by atoms with Crippen LogP contribution < -0.4 is 5.32 Å². The molecule has 0 aliphatic carbocycles. The number of hydrogen-bond acceptors (Lipinski definition) is 4. The molecule has 1 atom stereocenters. The first-order valence-electron chi connectivity index (χ1n) is 5.72. The number of phenols is 1. The van der Waals surface area contributed by atoms with E-state index in [1.807, 2.05) is 19.1 Å². The molecule has 1 aromatic carbocycles. The SMILES string of the molecule is COC(=O)CCCNC(C)c1cccc(O)c1. The maximum absolute atomic E-state index is 10.9. The molecular weight excluding hydrogens is 218 g/mol. The summed E-state index contributed by atoms with van der Waals surface area (Å²) in [6.07, 6.45) is 1.17. The maximum atomic E-state index is 10.9. The Morgan fingerprint density at radius 2 is 2.29 bits per heavy atom. The first-order valence-corrected chi connectivity index (χ1v) is 5.72. The van der Waals surface area contributed by atoms with Crippen LogP contribution in [0.15, 0.2) is 24.3 Å². The summed E-state index contributed by atoms with van der Waals surface area (Å²) in [5.41, 5.74) is 1.03. The molecule has 0 heterocycles. The third kappa shape index (κ3) is 4.87. The van der Waals surface area contributed by atoms with Crippen molar-refractivity contribution in [2.75, 3.05) is 13.7 Å². The van der Waals surface area contributed by atoms with Crippen molar-refractivity contribution in [3.05, 3.63) is 29.8 Å². The van der Waals surface area contributed by atoms with Gasteiger partial charge in [0.05, 0.1) is 7.11 Å². The molecule has 0 radical (unpaired) electrons. The zero-order valence-corrected chi connectivity index (χ0v) is 10.3. The van der Waals surface area contributed by atoms with Gasteiger partial charge in [-0.25, -0.2) is 0 Å². The van der Waals surface area contributed by atoms with Crippen LogP contribution in [0.3, 0.4) is 0 Å². The minimum atomic E-state index is -0.184. The highest BCUT2D eigenvalue weighted by molar-refractivity contribution is 5.69. The monoisotopic (exact) mass is 237 g/mol. The molecule has 0 spiro atoms. The van der Waals surface area contributed by atoms with Crippen LogP contribution in [0, 0.1) is 0 Å². The molecule has 17 heavy (non-hydrogen) atoms. The quantitative estimate of drug-likeness (QED) is 0.587. The van der Waals surface area contributed by atoms with E-state index in [0.717, 1.165) is 18.5 Å². The minimum Gasteiger partial charge on any atom is -0.508 e. The molecule has 0 amide bonds. The molecule has 0 aliphatic rings. The molecule has 4 heteroatoms. The number of carbonyl (C=O) groups is 1. The summed E-state index contributed by atoms with van der Waals surface area (Å²) in [7, 11) is 1.39. The molecule has 1 unspecified atom stereocenters. The van der Waals surface area contributed by atoms with Crippen LogP contribution in [0.1, 0.15) is 31.4 Å². The molecule has 1 rings (SSSR count). The lowest BCUT2D eigenvalue weighted by Gasteiger charge is -2.14. The van der Waals surface area contributed by atoms with Gasteiger partial charge < -0.3 is 15.2 Å². The Balaban J connectivity index is 2.30. The van der Waals surface area contributed by atoms with Crippen molar-refractivity contribution in [2.45, 2.75) is 25.8 Å². The van der Waals surface area contributed by atoms with Crippen LogP contribution in [0.2, 0.25) is 0 Å². The molecule has 94 valence electrons. The van der Waals surface area contributed by atoms with Gasteiger partial charge in [0.2, 0.25) is 0 Å². The number of methoxy groups -OCH3 is 1. The van der Waals surface area contributed by atoms with E-state index in [0.29, 0.717) is 6.42 Å². The van der Waals surface area contributed by atoms with Gasteiger partial charge in [-0.3, -0.25) is 4.79 Å². The molecular formula is C13H19NO3. The van der Waals surface area contributed by atoms with Crippen molar-refractivity contribution in [1.82, 2.24) is 5.32 Å². The van der Waals surface area contributed by atoms with Crippen LogP contribution in [0.25, 0.3) is 0 Å². The summed E-state index contributed by atoms with van der Waals surface area (Å²) < 4.78 is 4.56. The van der Waals surface area contributed by atoms with E-state index in [9.17, 15) is 9.90 Å². The van der Waals surface area contributed by atoms with E-state index < -0.39 is 0 Å². The molecule has 0 aromatic heterocycles. The first kappa shape index (κ1) is 13.5. The minimum absolute atomic E-state index is 0.153. The van der Waals surface area contributed by atoms with Gasteiger partial charge in [-0.1, -0.05) is 12.1 Å². The molecule has 1 aromatic rings. The van der Waals surface area contributed by atoms with Gasteiger partial charge >= 0.3 is 5.97 Å². The Morgan fingerprint density at radius 3 is 2.94 bits per heavy atom. The number of hydrogen-bond donors (Lipinski definition) is 2. The Morgan fingerprint density at radius 1 is 1.53 bits per heavy atom. The van der Waals surface area contributed by atoms with Crippen molar-refractivity contribution < 1.29 is 14.6 Å². The van der Waals surface area contributed by atoms with Gasteiger partial charge in [-0.15, -0.1) is 0 Å². The van der Waals surface area contributed by atoms with E-state index in [-0.39, 0.29) is 17.8 Å². The fourth-order valence-corrected chi connectivity index (χ4v) is 1.57. The second kappa shape index (κ2) is 6.91. The predicted octanol–water partition coefficient (Wildman–Crippen LogP) is 2.00. The molecule has 0 fully saturated rings. The van der Waals surface area contributed by atoms with Gasteiger partial charge in [0.25, 0.3) is 0 Å². The van der Waals surface area contributed by atoms with Gasteiger partial charge in [-0.05, 0) is 37.6 Å². The van der Waals surface area contributed by atoms with Crippen LogP contribution in [0.4, 0.5) is 0 Å². The number of rotatable bonds is 6. The normalized spacial score (nSPS) is 12.1. The van der Waals surface area contributed by atoms with Crippen molar-refractivity contribution in [3.63, 3.8) is 0 Å². The molecule has 0 aliphatic heterocycles. The van der Waals surface area contributed by atoms with E-state index in [1.54, 1.807) is 12.1 Å². The fraction of sp³-hybridized carbons (Fsp3) is 0.462. The van der Waals surface area contributed by atoms with Crippen LogP contribution in [-0.4, -0.2) is 24.7 Å². The second-order valence-electron chi connectivity index (χ2n) is 3.95. The highest BCUT2D eigenvalue weighted by Gasteiger charge is 2.05. The van der Waals surface area contributed by atoms with Gasteiger partial charge in [0.1, 0.15) is 5.75 Å². The number of ether oxygens (including phenoxy) is 1. The van der Waals surface area contributed by atoms with Crippen molar-refractivity contribution in [3.8, 4) is 5.75 Å². The largest absolute Gasteiger partial charge is 0.508 e. The smallest absolute Gasteiger partial charge is 0.305 e. The van der Waals surface area contributed by atoms with Crippen molar-refractivity contribution in [1.29, 1.82) is 0 Å². The van der Waals surface area contributed by atoms with Gasteiger partial charge in [0.15, 0.2) is 0 Å². The van der Waals surface area contributed by atoms with E-state index in [4.69, 9.17) is 0 Å². The number of benzene rings is 1.